The van der Waals surface area contributed by atoms with Crippen molar-refractivity contribution in [1.82, 2.24) is 0 Å². The third-order valence-corrected chi connectivity index (χ3v) is 3.23. The first-order chi connectivity index (χ1) is 9.00. The summed E-state index contributed by atoms with van der Waals surface area (Å²) in [7, 11) is 1.87. The van der Waals surface area contributed by atoms with Gasteiger partial charge in [0.15, 0.2) is 0 Å². The van der Waals surface area contributed by atoms with Gasteiger partial charge in [-0.05, 0) is 38.1 Å². The number of aliphatic hydroxyl groups excluding tert-OH is 1. The topological polar surface area (TPSA) is 23.5 Å². The first-order valence-corrected chi connectivity index (χ1v) is 6.27. The van der Waals surface area contributed by atoms with Crippen LogP contribution in [0, 0.1) is 12.7 Å². The Balaban J connectivity index is 2.46. The zero-order valence-corrected chi connectivity index (χ0v) is 11.4. The second kappa shape index (κ2) is 5.41. The average molecular weight is 259 g/mol. The van der Waals surface area contributed by atoms with Crippen molar-refractivity contribution in [3.8, 4) is 0 Å². The van der Waals surface area contributed by atoms with Gasteiger partial charge in [-0.25, -0.2) is 4.39 Å². The molecule has 0 spiro atoms. The predicted molar refractivity (Wildman–Crippen MR) is 76.3 cm³/mol. The standard InChI is InChI=1S/C16H18FNO/c1-11-7-9-13(10-8-11)18(3)15-6-4-5-14(17)16(15)12(2)19/h4-10,12,19H,1-3H3/t12-/m1/s1. The normalized spacial score (nSPS) is 12.3. The number of rotatable bonds is 3. The first kappa shape index (κ1) is 13.6. The van der Waals surface area contributed by atoms with Crippen LogP contribution in [0.15, 0.2) is 42.5 Å². The summed E-state index contributed by atoms with van der Waals surface area (Å²) in [6.07, 6.45) is -0.843. The molecular formula is C16H18FNO. The summed E-state index contributed by atoms with van der Waals surface area (Å²) in [6, 6.07) is 12.8. The quantitative estimate of drug-likeness (QED) is 0.902. The van der Waals surface area contributed by atoms with Gasteiger partial charge in [0.25, 0.3) is 0 Å². The Morgan fingerprint density at radius 3 is 2.32 bits per heavy atom. The summed E-state index contributed by atoms with van der Waals surface area (Å²) in [5.41, 5.74) is 3.13. The van der Waals surface area contributed by atoms with E-state index in [0.29, 0.717) is 11.3 Å². The molecule has 2 aromatic rings. The average Bonchev–Trinajstić information content (AvgIpc) is 2.38. The minimum atomic E-state index is -0.843. The molecule has 0 saturated heterocycles. The van der Waals surface area contributed by atoms with E-state index in [4.69, 9.17) is 0 Å². The van der Waals surface area contributed by atoms with Crippen LogP contribution in [0.25, 0.3) is 0 Å². The number of halogens is 1. The zero-order valence-electron chi connectivity index (χ0n) is 11.4. The van der Waals surface area contributed by atoms with Crippen molar-refractivity contribution in [1.29, 1.82) is 0 Å². The number of anilines is 2. The summed E-state index contributed by atoms with van der Waals surface area (Å²) < 4.78 is 13.9. The Hall–Kier alpha value is -1.87. The fourth-order valence-electron chi connectivity index (χ4n) is 2.14. The van der Waals surface area contributed by atoms with Crippen LogP contribution in [-0.4, -0.2) is 12.2 Å². The van der Waals surface area contributed by atoms with Crippen LogP contribution < -0.4 is 4.90 Å². The molecule has 0 aliphatic heterocycles. The highest BCUT2D eigenvalue weighted by molar-refractivity contribution is 5.66. The molecule has 100 valence electrons. The number of aryl methyl sites for hydroxylation is 1. The van der Waals surface area contributed by atoms with E-state index in [0.717, 1.165) is 5.69 Å². The lowest BCUT2D eigenvalue weighted by Crippen LogP contribution is -2.14. The van der Waals surface area contributed by atoms with Gasteiger partial charge in [-0.15, -0.1) is 0 Å². The Kier molecular flexibility index (Phi) is 3.86. The second-order valence-electron chi connectivity index (χ2n) is 4.74. The lowest BCUT2D eigenvalue weighted by Gasteiger charge is -2.24. The molecule has 0 amide bonds. The molecule has 0 bridgehead atoms. The third kappa shape index (κ3) is 2.76. The highest BCUT2D eigenvalue weighted by Gasteiger charge is 2.16. The molecule has 0 unspecified atom stereocenters. The molecule has 2 nitrogen and oxygen atoms in total. The molecule has 2 rings (SSSR count). The lowest BCUT2D eigenvalue weighted by molar-refractivity contribution is 0.194. The summed E-state index contributed by atoms with van der Waals surface area (Å²) in [5, 5.41) is 9.76. The number of nitrogens with zero attached hydrogens (tertiary/aromatic N) is 1. The van der Waals surface area contributed by atoms with Gasteiger partial charge in [0.1, 0.15) is 5.82 Å². The van der Waals surface area contributed by atoms with Gasteiger partial charge in [-0.2, -0.15) is 0 Å². The fraction of sp³-hybridized carbons (Fsp3) is 0.250. The van der Waals surface area contributed by atoms with Gasteiger partial charge in [0, 0.05) is 24.0 Å². The van der Waals surface area contributed by atoms with Gasteiger partial charge < -0.3 is 10.0 Å². The molecule has 0 saturated carbocycles. The molecule has 0 fully saturated rings. The van der Waals surface area contributed by atoms with E-state index in [-0.39, 0.29) is 5.82 Å². The first-order valence-electron chi connectivity index (χ1n) is 6.27. The summed E-state index contributed by atoms with van der Waals surface area (Å²) in [5.74, 6) is -0.383. The van der Waals surface area contributed by atoms with E-state index >= 15 is 0 Å². The molecule has 0 heterocycles. The van der Waals surface area contributed by atoms with Crippen molar-refractivity contribution in [2.45, 2.75) is 20.0 Å². The van der Waals surface area contributed by atoms with E-state index in [1.807, 2.05) is 49.2 Å². The molecule has 2 aromatic carbocycles. The van der Waals surface area contributed by atoms with Gasteiger partial charge in [-0.3, -0.25) is 0 Å². The number of aliphatic hydroxyl groups is 1. The van der Waals surface area contributed by atoms with E-state index in [9.17, 15) is 9.50 Å². The zero-order chi connectivity index (χ0) is 14.0. The van der Waals surface area contributed by atoms with Crippen LogP contribution in [0.3, 0.4) is 0 Å². The Morgan fingerprint density at radius 2 is 1.74 bits per heavy atom. The van der Waals surface area contributed by atoms with Crippen molar-refractivity contribution < 1.29 is 9.50 Å². The number of benzene rings is 2. The van der Waals surface area contributed by atoms with Crippen molar-refractivity contribution in [2.24, 2.45) is 0 Å². The predicted octanol–water partition coefficient (Wildman–Crippen LogP) is 3.96. The Morgan fingerprint density at radius 1 is 1.11 bits per heavy atom. The molecule has 0 aliphatic carbocycles. The van der Waals surface area contributed by atoms with Crippen LogP contribution in [0.1, 0.15) is 24.2 Å². The minimum absolute atomic E-state index is 0.325. The van der Waals surface area contributed by atoms with Crippen molar-refractivity contribution in [3.05, 3.63) is 59.4 Å². The van der Waals surface area contributed by atoms with Crippen LogP contribution in [0.2, 0.25) is 0 Å². The van der Waals surface area contributed by atoms with E-state index < -0.39 is 6.10 Å². The Labute approximate surface area is 113 Å². The smallest absolute Gasteiger partial charge is 0.131 e. The monoisotopic (exact) mass is 259 g/mol. The van der Waals surface area contributed by atoms with Crippen LogP contribution in [-0.2, 0) is 0 Å². The molecule has 19 heavy (non-hydrogen) atoms. The van der Waals surface area contributed by atoms with Crippen LogP contribution >= 0.6 is 0 Å². The lowest BCUT2D eigenvalue weighted by atomic mass is 10.1. The molecule has 0 aliphatic rings. The molecule has 1 atom stereocenters. The maximum absolute atomic E-state index is 13.9. The van der Waals surface area contributed by atoms with Gasteiger partial charge >= 0.3 is 0 Å². The summed E-state index contributed by atoms with van der Waals surface area (Å²) in [4.78, 5) is 1.88. The van der Waals surface area contributed by atoms with Crippen molar-refractivity contribution in [3.63, 3.8) is 0 Å². The van der Waals surface area contributed by atoms with E-state index in [1.165, 1.54) is 11.6 Å². The number of hydrogen-bond acceptors (Lipinski definition) is 2. The maximum Gasteiger partial charge on any atom is 0.131 e. The fourth-order valence-corrected chi connectivity index (χ4v) is 2.14. The Bertz CT molecular complexity index is 563. The van der Waals surface area contributed by atoms with Crippen LogP contribution in [0.5, 0.6) is 0 Å². The van der Waals surface area contributed by atoms with E-state index in [1.54, 1.807) is 13.0 Å². The second-order valence-corrected chi connectivity index (χ2v) is 4.74. The molecule has 0 aromatic heterocycles. The van der Waals surface area contributed by atoms with Gasteiger partial charge in [0.2, 0.25) is 0 Å². The molecule has 3 heteroatoms. The van der Waals surface area contributed by atoms with Gasteiger partial charge in [0.05, 0.1) is 6.10 Å². The third-order valence-electron chi connectivity index (χ3n) is 3.23. The highest BCUT2D eigenvalue weighted by atomic mass is 19.1. The molecule has 0 radical (unpaired) electrons. The van der Waals surface area contributed by atoms with Gasteiger partial charge in [-0.1, -0.05) is 23.8 Å². The van der Waals surface area contributed by atoms with Crippen molar-refractivity contribution >= 4 is 11.4 Å². The molecule has 1 N–H and O–H groups in total. The largest absolute Gasteiger partial charge is 0.389 e. The highest BCUT2D eigenvalue weighted by Crippen LogP contribution is 2.32. The summed E-state index contributed by atoms with van der Waals surface area (Å²) in [6.45, 7) is 3.60. The minimum Gasteiger partial charge on any atom is -0.389 e. The maximum atomic E-state index is 13.9. The number of hydrogen-bond donors (Lipinski definition) is 1. The summed E-state index contributed by atoms with van der Waals surface area (Å²) >= 11 is 0. The van der Waals surface area contributed by atoms with E-state index in [2.05, 4.69) is 0 Å². The van der Waals surface area contributed by atoms with Crippen LogP contribution in [0.4, 0.5) is 15.8 Å². The molecular weight excluding hydrogens is 241 g/mol. The van der Waals surface area contributed by atoms with Crippen molar-refractivity contribution in [2.75, 3.05) is 11.9 Å². The SMILES string of the molecule is Cc1ccc(N(C)c2cccc(F)c2[C@@H](C)O)cc1.